The number of benzene rings is 1. The van der Waals surface area contributed by atoms with Gasteiger partial charge in [0.15, 0.2) is 9.84 Å². The first kappa shape index (κ1) is 32.4. The molecule has 0 bridgehead atoms. The number of anilines is 1. The number of likely N-dealkylation sites (N-methyl/N-ethyl adjacent to an activating group) is 1. The zero-order valence-electron chi connectivity index (χ0n) is 25.6. The first-order chi connectivity index (χ1) is 21.4. The van der Waals surface area contributed by atoms with Crippen LogP contribution in [0.15, 0.2) is 40.3 Å². The van der Waals surface area contributed by atoms with Crippen LogP contribution in [0.1, 0.15) is 37.7 Å². The van der Waals surface area contributed by atoms with Crippen LogP contribution >= 0.6 is 0 Å². The maximum atomic E-state index is 13.6. The average molecular weight is 667 g/mol. The van der Waals surface area contributed by atoms with Crippen LogP contribution in [0, 0.1) is 6.92 Å². The number of rotatable bonds is 11. The number of aromatic nitrogens is 1. The number of pyridine rings is 1. The van der Waals surface area contributed by atoms with Crippen LogP contribution in [-0.2, 0) is 24.6 Å². The third-order valence-corrected chi connectivity index (χ3v) is 14.2. The van der Waals surface area contributed by atoms with Gasteiger partial charge in [0.05, 0.1) is 41.2 Å². The van der Waals surface area contributed by atoms with Crippen molar-refractivity contribution in [1.29, 1.82) is 0 Å². The highest BCUT2D eigenvalue weighted by atomic mass is 32.2. The summed E-state index contributed by atoms with van der Waals surface area (Å²) in [5.74, 6) is 0.785. The minimum atomic E-state index is -3.75. The lowest BCUT2D eigenvalue weighted by Gasteiger charge is -2.38. The Morgan fingerprint density at radius 1 is 1.16 bits per heavy atom. The number of hydrogen-bond donors (Lipinski definition) is 3. The van der Waals surface area contributed by atoms with Crippen molar-refractivity contribution >= 4 is 25.5 Å². The fraction of sp³-hybridized carbons (Fsp3) is 0.633. The highest BCUT2D eigenvalue weighted by molar-refractivity contribution is 7.93. The predicted molar refractivity (Wildman–Crippen MR) is 165 cm³/mol. The molecule has 13 nitrogen and oxygen atoms in total. The molecule has 248 valence electrons. The quantitative estimate of drug-likeness (QED) is 0.310. The number of aliphatic hydroxyl groups is 2. The molecule has 3 fully saturated rings. The Hall–Kier alpha value is -2.53. The van der Waals surface area contributed by atoms with Gasteiger partial charge in [0.2, 0.25) is 15.9 Å². The van der Waals surface area contributed by atoms with Crippen LogP contribution < -0.4 is 19.7 Å². The minimum Gasteiger partial charge on any atom is -0.491 e. The number of sulfonamides is 1. The number of piperidine rings is 1. The van der Waals surface area contributed by atoms with Gasteiger partial charge in [-0.3, -0.25) is 0 Å². The summed E-state index contributed by atoms with van der Waals surface area (Å²) in [5.41, 5.74) is 0.918. The molecule has 1 spiro atoms. The van der Waals surface area contributed by atoms with Crippen LogP contribution in [0.3, 0.4) is 0 Å². The van der Waals surface area contributed by atoms with Crippen molar-refractivity contribution in [3.05, 3.63) is 36.0 Å². The first-order valence-electron chi connectivity index (χ1n) is 15.4. The van der Waals surface area contributed by atoms with E-state index in [0.717, 1.165) is 0 Å². The normalized spacial score (nSPS) is 23.4. The third-order valence-electron chi connectivity index (χ3n) is 9.60. The van der Waals surface area contributed by atoms with E-state index in [1.807, 2.05) is 11.9 Å². The molecule has 2 aromatic rings. The topological polar surface area (TPSA) is 168 Å². The SMILES string of the molecule is Cc1c(S(=O)(=O)N2CCC3(CC2)C[C@@H](NC[C@H](O)COc2cccc(S(=O)(=O)C4(CO)CC4)c2)CO3)cnc2c1N(C)CCO2. The summed E-state index contributed by atoms with van der Waals surface area (Å²) in [6.07, 6.45) is 3.24. The van der Waals surface area contributed by atoms with Crippen molar-refractivity contribution in [3.63, 3.8) is 0 Å². The molecule has 45 heavy (non-hydrogen) atoms. The summed E-state index contributed by atoms with van der Waals surface area (Å²) in [5, 5.41) is 23.5. The van der Waals surface area contributed by atoms with Crippen LogP contribution in [0.5, 0.6) is 11.6 Å². The molecular weight excluding hydrogens is 624 g/mol. The van der Waals surface area contributed by atoms with Crippen molar-refractivity contribution in [1.82, 2.24) is 14.6 Å². The van der Waals surface area contributed by atoms with E-state index >= 15 is 0 Å². The van der Waals surface area contributed by atoms with Gasteiger partial charge in [0.25, 0.3) is 0 Å². The minimum absolute atomic E-state index is 0.00730. The Morgan fingerprint density at radius 3 is 2.62 bits per heavy atom. The Morgan fingerprint density at radius 2 is 1.91 bits per heavy atom. The number of nitrogens with one attached hydrogen (secondary N) is 1. The van der Waals surface area contributed by atoms with Crippen LogP contribution in [0.2, 0.25) is 0 Å². The first-order valence-corrected chi connectivity index (χ1v) is 18.3. The fourth-order valence-corrected chi connectivity index (χ4v) is 9.99. The van der Waals surface area contributed by atoms with E-state index in [1.54, 1.807) is 19.1 Å². The van der Waals surface area contributed by atoms with Gasteiger partial charge in [-0.25, -0.2) is 21.8 Å². The molecular formula is C30H42N4O9S2. The molecule has 0 amide bonds. The number of nitrogens with zero attached hydrogens (tertiary/aromatic N) is 3. The standard InChI is InChI=1S/C30H42N4O9S2/c1-21-26(17-32-28-27(21)33(2)12-13-41-28)45(39,40)34-10-8-29(9-11-34)15-22(18-43-29)31-16-23(36)19-42-24-4-3-5-25(14-24)44(37,38)30(20-35)6-7-30/h3-5,14,17,22-23,31,35-36H,6-13,15-16,18-20H2,1-2H3/t22-,23+/m1/s1. The van der Waals surface area contributed by atoms with Gasteiger partial charge >= 0.3 is 0 Å². The van der Waals surface area contributed by atoms with Gasteiger partial charge in [-0.2, -0.15) is 4.31 Å². The van der Waals surface area contributed by atoms with E-state index in [9.17, 15) is 27.0 Å². The lowest BCUT2D eigenvalue weighted by molar-refractivity contribution is -0.0312. The van der Waals surface area contributed by atoms with Crippen LogP contribution in [0.25, 0.3) is 0 Å². The summed E-state index contributed by atoms with van der Waals surface area (Å²) in [6, 6.07) is 6.14. The third kappa shape index (κ3) is 6.15. The predicted octanol–water partition coefficient (Wildman–Crippen LogP) is 0.859. The molecule has 0 unspecified atom stereocenters. The highest BCUT2D eigenvalue weighted by Gasteiger charge is 2.54. The number of sulfone groups is 1. The number of aliphatic hydroxyl groups excluding tert-OH is 2. The van der Waals surface area contributed by atoms with Crippen LogP contribution in [0.4, 0.5) is 5.69 Å². The second kappa shape index (κ2) is 12.2. The smallest absolute Gasteiger partial charge is 0.244 e. The van der Waals surface area contributed by atoms with Crippen molar-refractivity contribution in [3.8, 4) is 11.6 Å². The van der Waals surface area contributed by atoms with E-state index < -0.39 is 42.9 Å². The maximum absolute atomic E-state index is 13.6. The van der Waals surface area contributed by atoms with E-state index in [2.05, 4.69) is 10.3 Å². The molecule has 15 heteroatoms. The summed E-state index contributed by atoms with van der Waals surface area (Å²) in [4.78, 5) is 6.57. The summed E-state index contributed by atoms with van der Waals surface area (Å²) >= 11 is 0. The van der Waals surface area contributed by atoms with Gasteiger partial charge in [-0.1, -0.05) is 6.07 Å². The lowest BCUT2D eigenvalue weighted by Crippen LogP contribution is -2.47. The fourth-order valence-electron chi connectivity index (χ4n) is 6.54. The second-order valence-corrected chi connectivity index (χ2v) is 16.9. The van der Waals surface area contributed by atoms with Crippen LogP contribution in [-0.4, -0.2) is 118 Å². The Bertz CT molecular complexity index is 1620. The summed E-state index contributed by atoms with van der Waals surface area (Å²) in [7, 11) is -5.52. The summed E-state index contributed by atoms with van der Waals surface area (Å²) < 4.78 is 71.0. The highest BCUT2D eigenvalue weighted by Crippen LogP contribution is 2.46. The molecule has 4 aliphatic rings. The average Bonchev–Trinajstić information content (AvgIpc) is 3.75. The molecule has 1 saturated carbocycles. The Balaban J connectivity index is 0.982. The van der Waals surface area contributed by atoms with Crippen molar-refractivity contribution in [2.24, 2.45) is 0 Å². The molecule has 2 atom stereocenters. The number of ether oxygens (including phenoxy) is 3. The molecule has 1 aliphatic carbocycles. The van der Waals surface area contributed by atoms with Crippen molar-refractivity contribution in [2.45, 2.75) is 71.3 Å². The molecule has 1 aromatic carbocycles. The van der Waals surface area contributed by atoms with Crippen molar-refractivity contribution < 1.29 is 41.3 Å². The monoisotopic (exact) mass is 666 g/mol. The van der Waals surface area contributed by atoms with Gasteiger partial charge in [-0.05, 0) is 62.8 Å². The largest absolute Gasteiger partial charge is 0.491 e. The second-order valence-electron chi connectivity index (χ2n) is 12.7. The van der Waals surface area contributed by atoms with Gasteiger partial charge < -0.3 is 34.6 Å². The molecule has 1 aromatic heterocycles. The van der Waals surface area contributed by atoms with E-state index in [-0.39, 0.29) is 29.0 Å². The van der Waals surface area contributed by atoms with E-state index in [4.69, 9.17) is 14.2 Å². The molecule has 2 saturated heterocycles. The summed E-state index contributed by atoms with van der Waals surface area (Å²) in [6.45, 7) is 3.89. The lowest BCUT2D eigenvalue weighted by atomic mass is 9.88. The molecule has 6 rings (SSSR count). The molecule has 3 aliphatic heterocycles. The van der Waals surface area contributed by atoms with Gasteiger partial charge in [0.1, 0.15) is 35.7 Å². The zero-order valence-corrected chi connectivity index (χ0v) is 27.3. The number of hydrogen-bond acceptors (Lipinski definition) is 12. The Kier molecular flexibility index (Phi) is 8.82. The number of fused-ring (bicyclic) bond motifs is 1. The zero-order chi connectivity index (χ0) is 32.0. The molecule has 4 heterocycles. The molecule has 0 radical (unpaired) electrons. The van der Waals surface area contributed by atoms with Gasteiger partial charge in [-0.15, -0.1) is 0 Å². The Labute approximate surface area is 264 Å². The van der Waals surface area contributed by atoms with Gasteiger partial charge in [0, 0.05) is 32.7 Å². The molecule has 3 N–H and O–H groups in total. The van der Waals surface area contributed by atoms with E-state index in [1.165, 1.54) is 22.6 Å². The van der Waals surface area contributed by atoms with Crippen molar-refractivity contribution in [2.75, 3.05) is 64.6 Å². The maximum Gasteiger partial charge on any atom is 0.244 e. The van der Waals surface area contributed by atoms with E-state index in [0.29, 0.717) is 87.8 Å².